The van der Waals surface area contributed by atoms with Gasteiger partial charge in [-0.05, 0) is 39.6 Å². The van der Waals surface area contributed by atoms with E-state index in [1.54, 1.807) is 12.1 Å². The predicted molar refractivity (Wildman–Crippen MR) is 76.7 cm³/mol. The van der Waals surface area contributed by atoms with Crippen LogP contribution in [0.4, 0.5) is 0 Å². The molecule has 106 valence electrons. The summed E-state index contributed by atoms with van der Waals surface area (Å²) >= 11 is 6.12. The molecular weight excluding hydrogens is 266 g/mol. The highest BCUT2D eigenvalue weighted by molar-refractivity contribution is 6.32. The van der Waals surface area contributed by atoms with Crippen LogP contribution in [-0.4, -0.2) is 45.0 Å². The van der Waals surface area contributed by atoms with Gasteiger partial charge < -0.3 is 14.4 Å². The fourth-order valence-electron chi connectivity index (χ4n) is 1.62. The first-order valence-electron chi connectivity index (χ1n) is 6.12. The summed E-state index contributed by atoms with van der Waals surface area (Å²) in [6.07, 6.45) is 1.62. The molecule has 0 radical (unpaired) electrons. The Morgan fingerprint density at radius 1 is 1.42 bits per heavy atom. The molecule has 1 atom stereocenters. The van der Waals surface area contributed by atoms with Crippen molar-refractivity contribution in [3.63, 3.8) is 0 Å². The number of hydrogen-bond acceptors (Lipinski definition) is 4. The molecule has 0 bridgehead atoms. The Bertz CT molecular complexity index is 435. The van der Waals surface area contributed by atoms with E-state index in [1.807, 2.05) is 21.0 Å². The highest BCUT2D eigenvalue weighted by atomic mass is 35.5. The Morgan fingerprint density at radius 3 is 2.63 bits per heavy atom. The zero-order valence-electron chi connectivity index (χ0n) is 11.8. The molecule has 0 N–H and O–H groups in total. The lowest BCUT2D eigenvalue weighted by atomic mass is 10.2. The van der Waals surface area contributed by atoms with Crippen LogP contribution < -0.4 is 9.47 Å². The van der Waals surface area contributed by atoms with Crippen molar-refractivity contribution in [3.05, 3.63) is 22.7 Å². The minimum Gasteiger partial charge on any atom is -0.493 e. The van der Waals surface area contributed by atoms with Gasteiger partial charge in [0.1, 0.15) is 6.29 Å². The van der Waals surface area contributed by atoms with Crippen molar-refractivity contribution < 1.29 is 14.3 Å². The fraction of sp³-hybridized carbons (Fsp3) is 0.500. The first-order valence-corrected chi connectivity index (χ1v) is 6.49. The van der Waals surface area contributed by atoms with Gasteiger partial charge in [0.25, 0.3) is 0 Å². The van der Waals surface area contributed by atoms with Gasteiger partial charge in [-0.2, -0.15) is 0 Å². The van der Waals surface area contributed by atoms with Crippen molar-refractivity contribution in [1.82, 2.24) is 4.90 Å². The minimum absolute atomic E-state index is 0.0101. The number of nitrogens with zero attached hydrogens (tertiary/aromatic N) is 1. The highest BCUT2D eigenvalue weighted by Crippen LogP contribution is 2.36. The molecule has 1 aromatic rings. The van der Waals surface area contributed by atoms with E-state index in [1.165, 1.54) is 7.11 Å². The van der Waals surface area contributed by atoms with Crippen LogP contribution in [0.5, 0.6) is 11.5 Å². The van der Waals surface area contributed by atoms with E-state index < -0.39 is 0 Å². The third-order valence-electron chi connectivity index (χ3n) is 2.69. The van der Waals surface area contributed by atoms with E-state index in [0.29, 0.717) is 22.1 Å². The Hall–Kier alpha value is -1.26. The lowest BCUT2D eigenvalue weighted by molar-refractivity contribution is 0.112. The van der Waals surface area contributed by atoms with Gasteiger partial charge in [-0.3, -0.25) is 4.79 Å². The van der Waals surface area contributed by atoms with Gasteiger partial charge in [0, 0.05) is 12.1 Å². The first-order chi connectivity index (χ1) is 8.97. The maximum atomic E-state index is 10.8. The fourth-order valence-corrected chi connectivity index (χ4v) is 1.89. The molecule has 0 aliphatic rings. The molecule has 0 aliphatic carbocycles. The summed E-state index contributed by atoms with van der Waals surface area (Å²) in [6, 6.07) is 3.19. The van der Waals surface area contributed by atoms with Crippen molar-refractivity contribution in [2.24, 2.45) is 0 Å². The van der Waals surface area contributed by atoms with Gasteiger partial charge in [-0.1, -0.05) is 11.6 Å². The van der Waals surface area contributed by atoms with Crippen molar-refractivity contribution >= 4 is 17.9 Å². The molecule has 1 rings (SSSR count). The summed E-state index contributed by atoms with van der Waals surface area (Å²) in [6.45, 7) is 2.90. The number of benzene rings is 1. The number of halogens is 1. The van der Waals surface area contributed by atoms with Gasteiger partial charge in [0.15, 0.2) is 11.5 Å². The SMILES string of the molecule is COc1cc(C=O)cc(Cl)c1OC(C)CCN(C)C. The molecule has 0 fully saturated rings. The molecule has 19 heavy (non-hydrogen) atoms. The van der Waals surface area contributed by atoms with Crippen LogP contribution in [0.2, 0.25) is 5.02 Å². The summed E-state index contributed by atoms with van der Waals surface area (Å²) < 4.78 is 11.0. The second-order valence-electron chi connectivity index (χ2n) is 4.67. The smallest absolute Gasteiger partial charge is 0.180 e. The molecule has 1 aromatic carbocycles. The molecule has 0 saturated heterocycles. The lowest BCUT2D eigenvalue weighted by Crippen LogP contribution is -2.21. The number of ether oxygens (including phenoxy) is 2. The number of hydrogen-bond donors (Lipinski definition) is 0. The number of carbonyl (C=O) groups excluding carboxylic acids is 1. The number of carbonyl (C=O) groups is 1. The van der Waals surface area contributed by atoms with E-state index in [0.717, 1.165) is 19.3 Å². The number of methoxy groups -OCH3 is 1. The van der Waals surface area contributed by atoms with E-state index in [4.69, 9.17) is 21.1 Å². The second-order valence-corrected chi connectivity index (χ2v) is 5.08. The Morgan fingerprint density at radius 2 is 2.11 bits per heavy atom. The van der Waals surface area contributed by atoms with Gasteiger partial charge in [-0.25, -0.2) is 0 Å². The van der Waals surface area contributed by atoms with Crippen molar-refractivity contribution in [1.29, 1.82) is 0 Å². The van der Waals surface area contributed by atoms with E-state index >= 15 is 0 Å². The second kappa shape index (κ2) is 7.36. The van der Waals surface area contributed by atoms with Crippen LogP contribution in [0.1, 0.15) is 23.7 Å². The van der Waals surface area contributed by atoms with Crippen LogP contribution in [-0.2, 0) is 0 Å². The Balaban J connectivity index is 2.84. The number of rotatable bonds is 7. The van der Waals surface area contributed by atoms with Gasteiger partial charge in [-0.15, -0.1) is 0 Å². The monoisotopic (exact) mass is 285 g/mol. The summed E-state index contributed by atoms with van der Waals surface area (Å²) in [7, 11) is 5.55. The zero-order chi connectivity index (χ0) is 14.4. The zero-order valence-corrected chi connectivity index (χ0v) is 12.5. The van der Waals surface area contributed by atoms with Crippen molar-refractivity contribution in [3.8, 4) is 11.5 Å². The summed E-state index contributed by atoms with van der Waals surface area (Å²) in [5.74, 6) is 0.965. The average molecular weight is 286 g/mol. The quantitative estimate of drug-likeness (QED) is 0.722. The Kier molecular flexibility index (Phi) is 6.12. The molecular formula is C14H20ClNO3. The maximum absolute atomic E-state index is 10.8. The van der Waals surface area contributed by atoms with Crippen molar-refractivity contribution in [2.45, 2.75) is 19.4 Å². The molecule has 0 saturated carbocycles. The maximum Gasteiger partial charge on any atom is 0.180 e. The van der Waals surface area contributed by atoms with E-state index in [2.05, 4.69) is 4.90 Å². The normalized spacial score (nSPS) is 12.3. The molecule has 1 unspecified atom stereocenters. The van der Waals surface area contributed by atoms with Gasteiger partial charge >= 0.3 is 0 Å². The summed E-state index contributed by atoms with van der Waals surface area (Å²) in [5, 5.41) is 0.387. The summed E-state index contributed by atoms with van der Waals surface area (Å²) in [4.78, 5) is 12.9. The summed E-state index contributed by atoms with van der Waals surface area (Å²) in [5.41, 5.74) is 0.468. The van der Waals surface area contributed by atoms with Crippen LogP contribution in [0.15, 0.2) is 12.1 Å². The lowest BCUT2D eigenvalue weighted by Gasteiger charge is -2.19. The van der Waals surface area contributed by atoms with E-state index in [9.17, 15) is 4.79 Å². The van der Waals surface area contributed by atoms with Crippen LogP contribution in [0.3, 0.4) is 0 Å². The molecule has 0 heterocycles. The third kappa shape index (κ3) is 4.73. The highest BCUT2D eigenvalue weighted by Gasteiger charge is 2.15. The molecule has 5 heteroatoms. The Labute approximate surface area is 119 Å². The number of aldehydes is 1. The van der Waals surface area contributed by atoms with Crippen molar-refractivity contribution in [2.75, 3.05) is 27.7 Å². The topological polar surface area (TPSA) is 38.8 Å². The molecule has 0 aliphatic heterocycles. The van der Waals surface area contributed by atoms with Crippen LogP contribution in [0, 0.1) is 0 Å². The molecule has 4 nitrogen and oxygen atoms in total. The van der Waals surface area contributed by atoms with Gasteiger partial charge in [0.2, 0.25) is 0 Å². The molecule has 0 spiro atoms. The first kappa shape index (κ1) is 15.8. The standard InChI is InChI=1S/C14H20ClNO3/c1-10(5-6-16(2)3)19-14-12(15)7-11(9-17)8-13(14)18-4/h7-10H,5-6H2,1-4H3. The largest absolute Gasteiger partial charge is 0.493 e. The molecule has 0 aromatic heterocycles. The van der Waals surface area contributed by atoms with E-state index in [-0.39, 0.29) is 6.10 Å². The average Bonchev–Trinajstić information content (AvgIpc) is 2.38. The predicted octanol–water partition coefficient (Wildman–Crippen LogP) is 2.88. The van der Waals surface area contributed by atoms with Crippen LogP contribution in [0.25, 0.3) is 0 Å². The third-order valence-corrected chi connectivity index (χ3v) is 2.97. The van der Waals surface area contributed by atoms with Crippen LogP contribution >= 0.6 is 11.6 Å². The molecule has 0 amide bonds. The minimum atomic E-state index is 0.0101. The van der Waals surface area contributed by atoms with Gasteiger partial charge in [0.05, 0.1) is 18.2 Å².